The van der Waals surface area contributed by atoms with Crippen molar-refractivity contribution >= 4 is 28.9 Å². The average Bonchev–Trinajstić information content (AvgIpc) is 1.93. The highest BCUT2D eigenvalue weighted by Crippen LogP contribution is 2.28. The van der Waals surface area contributed by atoms with E-state index in [1.807, 2.05) is 6.92 Å². The Morgan fingerprint density at radius 3 is 2.40 bits per heavy atom. The van der Waals surface area contributed by atoms with Gasteiger partial charge in [-0.2, -0.15) is 0 Å². The highest BCUT2D eigenvalue weighted by Gasteiger charge is 2.02. The van der Waals surface area contributed by atoms with Gasteiger partial charge < -0.3 is 5.73 Å². The van der Waals surface area contributed by atoms with Gasteiger partial charge in [0, 0.05) is 5.02 Å². The van der Waals surface area contributed by atoms with Gasteiger partial charge in [-0.05, 0) is 24.6 Å². The largest absolute Gasteiger partial charge is 0.398 e. The molecule has 0 aliphatic carbocycles. The molecule has 0 spiro atoms. The van der Waals surface area contributed by atoms with Crippen LogP contribution in [0.5, 0.6) is 0 Å². The fraction of sp³-hybridized carbons (Fsp3) is 0.143. The summed E-state index contributed by atoms with van der Waals surface area (Å²) in [6, 6.07) is 3.43. The quantitative estimate of drug-likeness (QED) is 0.604. The predicted molar refractivity (Wildman–Crippen MR) is 45.6 cm³/mol. The third-order valence-corrected chi connectivity index (χ3v) is 2.26. The van der Waals surface area contributed by atoms with E-state index in [0.717, 1.165) is 5.56 Å². The lowest BCUT2D eigenvalue weighted by Crippen LogP contribution is -1.88. The fourth-order valence-electron chi connectivity index (χ4n) is 0.682. The Balaban J connectivity index is 3.34. The van der Waals surface area contributed by atoms with Crippen molar-refractivity contribution in [2.24, 2.45) is 0 Å². The Morgan fingerprint density at radius 2 is 1.90 bits per heavy atom. The molecule has 3 heteroatoms. The van der Waals surface area contributed by atoms with Gasteiger partial charge in [0.25, 0.3) is 0 Å². The van der Waals surface area contributed by atoms with Gasteiger partial charge in [0.15, 0.2) is 0 Å². The molecule has 0 aliphatic heterocycles. The lowest BCUT2D eigenvalue weighted by atomic mass is 10.2. The molecular formula is C7H7Cl2N. The van der Waals surface area contributed by atoms with Crippen LogP contribution < -0.4 is 5.73 Å². The summed E-state index contributed by atoms with van der Waals surface area (Å²) in [6.07, 6.45) is 0. The van der Waals surface area contributed by atoms with Gasteiger partial charge in [-0.25, -0.2) is 0 Å². The SMILES string of the molecule is Cc1c(Cl)ccc(N)c1Cl. The maximum atomic E-state index is 5.77. The smallest absolute Gasteiger partial charge is 0.0679 e. The molecule has 0 amide bonds. The number of rotatable bonds is 0. The number of hydrogen-bond acceptors (Lipinski definition) is 1. The lowest BCUT2D eigenvalue weighted by molar-refractivity contribution is 1.47. The third-order valence-electron chi connectivity index (χ3n) is 1.35. The lowest BCUT2D eigenvalue weighted by Gasteiger charge is -2.02. The molecule has 1 rings (SSSR count). The van der Waals surface area contributed by atoms with Crippen molar-refractivity contribution < 1.29 is 0 Å². The maximum Gasteiger partial charge on any atom is 0.0679 e. The molecule has 0 unspecified atom stereocenters. The van der Waals surface area contributed by atoms with Gasteiger partial charge >= 0.3 is 0 Å². The maximum absolute atomic E-state index is 5.77. The Labute approximate surface area is 69.7 Å². The van der Waals surface area contributed by atoms with Crippen molar-refractivity contribution in [3.05, 3.63) is 27.7 Å². The zero-order valence-electron chi connectivity index (χ0n) is 5.49. The van der Waals surface area contributed by atoms with Gasteiger partial charge in [-0.3, -0.25) is 0 Å². The summed E-state index contributed by atoms with van der Waals surface area (Å²) in [7, 11) is 0. The topological polar surface area (TPSA) is 26.0 Å². The molecule has 1 nitrogen and oxygen atoms in total. The van der Waals surface area contributed by atoms with Crippen LogP contribution in [-0.4, -0.2) is 0 Å². The average molecular weight is 176 g/mol. The van der Waals surface area contributed by atoms with Crippen LogP contribution >= 0.6 is 23.2 Å². The van der Waals surface area contributed by atoms with Crippen LogP contribution in [0.15, 0.2) is 12.1 Å². The summed E-state index contributed by atoms with van der Waals surface area (Å²) in [4.78, 5) is 0. The third kappa shape index (κ3) is 1.20. The molecule has 0 saturated carbocycles. The minimum absolute atomic E-state index is 0.549. The number of nitrogens with two attached hydrogens (primary N) is 1. The highest BCUT2D eigenvalue weighted by atomic mass is 35.5. The molecule has 0 heterocycles. The Morgan fingerprint density at radius 1 is 1.30 bits per heavy atom. The minimum atomic E-state index is 0.549. The van der Waals surface area contributed by atoms with Crippen molar-refractivity contribution in [2.75, 3.05) is 5.73 Å². The van der Waals surface area contributed by atoms with Crippen LogP contribution in [0.3, 0.4) is 0 Å². The van der Waals surface area contributed by atoms with Crippen LogP contribution in [0.4, 0.5) is 5.69 Å². The number of halogens is 2. The van der Waals surface area contributed by atoms with E-state index >= 15 is 0 Å². The molecule has 0 aromatic heterocycles. The van der Waals surface area contributed by atoms with Crippen molar-refractivity contribution in [3.63, 3.8) is 0 Å². The van der Waals surface area contributed by atoms with Gasteiger partial charge in [0.2, 0.25) is 0 Å². The molecule has 1 aromatic rings. The summed E-state index contributed by atoms with van der Waals surface area (Å²) < 4.78 is 0. The summed E-state index contributed by atoms with van der Waals surface area (Å²) in [5.41, 5.74) is 6.91. The van der Waals surface area contributed by atoms with Crippen LogP contribution in [0.25, 0.3) is 0 Å². The molecule has 0 saturated heterocycles. The van der Waals surface area contributed by atoms with Crippen molar-refractivity contribution in [2.45, 2.75) is 6.92 Å². The molecule has 10 heavy (non-hydrogen) atoms. The highest BCUT2D eigenvalue weighted by molar-refractivity contribution is 6.37. The molecule has 1 aromatic carbocycles. The normalized spacial score (nSPS) is 9.90. The van der Waals surface area contributed by atoms with Gasteiger partial charge in [0.1, 0.15) is 0 Å². The number of benzene rings is 1. The van der Waals surface area contributed by atoms with Crippen LogP contribution in [0, 0.1) is 6.92 Å². The number of anilines is 1. The van der Waals surface area contributed by atoms with Gasteiger partial charge in [-0.1, -0.05) is 23.2 Å². The number of hydrogen-bond donors (Lipinski definition) is 1. The zero-order valence-corrected chi connectivity index (χ0v) is 7.00. The molecular weight excluding hydrogens is 169 g/mol. The second-order valence-electron chi connectivity index (χ2n) is 2.08. The van der Waals surface area contributed by atoms with Gasteiger partial charge in [0.05, 0.1) is 10.7 Å². The molecule has 0 radical (unpaired) electrons. The molecule has 54 valence electrons. The number of nitrogen functional groups attached to an aromatic ring is 1. The molecule has 0 aliphatic rings. The minimum Gasteiger partial charge on any atom is -0.398 e. The van der Waals surface area contributed by atoms with Crippen LogP contribution in [0.2, 0.25) is 10.0 Å². The standard InChI is InChI=1S/C7H7Cl2N/c1-4-5(8)2-3-6(10)7(4)9/h2-3H,10H2,1H3. The van der Waals surface area contributed by atoms with E-state index in [2.05, 4.69) is 0 Å². The first-order valence-corrected chi connectivity index (χ1v) is 3.58. The van der Waals surface area contributed by atoms with E-state index in [0.29, 0.717) is 15.7 Å². The van der Waals surface area contributed by atoms with Crippen molar-refractivity contribution in [1.82, 2.24) is 0 Å². The first-order chi connectivity index (χ1) is 4.63. The molecule has 0 bridgehead atoms. The molecule has 0 atom stereocenters. The van der Waals surface area contributed by atoms with E-state index in [1.54, 1.807) is 12.1 Å². The van der Waals surface area contributed by atoms with Crippen molar-refractivity contribution in [1.29, 1.82) is 0 Å². The second-order valence-corrected chi connectivity index (χ2v) is 2.86. The van der Waals surface area contributed by atoms with Gasteiger partial charge in [-0.15, -0.1) is 0 Å². The predicted octanol–water partition coefficient (Wildman–Crippen LogP) is 2.88. The van der Waals surface area contributed by atoms with E-state index in [1.165, 1.54) is 0 Å². The Hall–Kier alpha value is -0.400. The summed E-state index contributed by atoms with van der Waals surface area (Å²) in [5.74, 6) is 0. The fourth-order valence-corrected chi connectivity index (χ4v) is 1.05. The van der Waals surface area contributed by atoms with Crippen LogP contribution in [0.1, 0.15) is 5.56 Å². The zero-order chi connectivity index (χ0) is 7.72. The Bertz CT molecular complexity index is 231. The van der Waals surface area contributed by atoms with Crippen molar-refractivity contribution in [3.8, 4) is 0 Å². The first-order valence-electron chi connectivity index (χ1n) is 2.83. The monoisotopic (exact) mass is 175 g/mol. The summed E-state index contributed by atoms with van der Waals surface area (Å²) in [5, 5.41) is 1.20. The van der Waals surface area contributed by atoms with Crippen LogP contribution in [-0.2, 0) is 0 Å². The summed E-state index contributed by atoms with van der Waals surface area (Å²) >= 11 is 11.5. The van der Waals surface area contributed by atoms with E-state index in [4.69, 9.17) is 28.9 Å². The first kappa shape index (κ1) is 7.70. The molecule has 0 fully saturated rings. The van der Waals surface area contributed by atoms with E-state index in [9.17, 15) is 0 Å². The Kier molecular flexibility index (Phi) is 2.07. The van der Waals surface area contributed by atoms with E-state index in [-0.39, 0.29) is 0 Å². The summed E-state index contributed by atoms with van der Waals surface area (Å²) in [6.45, 7) is 1.83. The second kappa shape index (κ2) is 2.69. The van der Waals surface area contributed by atoms with E-state index < -0.39 is 0 Å². The molecule has 2 N–H and O–H groups in total.